The number of aryl methyl sites for hydroxylation is 1. The fourth-order valence-corrected chi connectivity index (χ4v) is 3.91. The number of nitrogens with one attached hydrogen (secondary N) is 2. The number of anilines is 1. The summed E-state index contributed by atoms with van der Waals surface area (Å²) in [6.07, 6.45) is 2.94. The number of aromatic nitrogens is 1. The number of hydrogen-bond donors (Lipinski definition) is 2. The maximum Gasteiger partial charge on any atom is 0.191 e. The summed E-state index contributed by atoms with van der Waals surface area (Å²) in [5.41, 5.74) is 2.01. The van der Waals surface area contributed by atoms with E-state index in [1.165, 1.54) is 0 Å². The normalized spacial score (nSPS) is 15.5. The molecule has 158 valence electrons. The zero-order chi connectivity index (χ0) is 20.8. The van der Waals surface area contributed by atoms with E-state index in [0.717, 1.165) is 73.1 Å². The minimum atomic E-state index is 0.426. The van der Waals surface area contributed by atoms with E-state index in [9.17, 15) is 0 Å². The molecule has 2 N–H and O–H groups in total. The molecular formula is C24H31N5O. The summed E-state index contributed by atoms with van der Waals surface area (Å²) in [4.78, 5) is 11.8. The second kappa shape index (κ2) is 9.65. The van der Waals surface area contributed by atoms with Gasteiger partial charge in [0, 0.05) is 49.7 Å². The van der Waals surface area contributed by atoms with Gasteiger partial charge in [0.15, 0.2) is 5.96 Å². The van der Waals surface area contributed by atoms with Crippen LogP contribution < -0.4 is 15.5 Å². The van der Waals surface area contributed by atoms with Gasteiger partial charge in [-0.2, -0.15) is 0 Å². The Kier molecular flexibility index (Phi) is 6.52. The standard InChI is InChI=1S/C24H31N5O/c1-3-25-24(26-14-11-21-17-19-8-4-5-9-22(19)30-21)28-20-12-15-29(16-13-20)23-10-6-7-18(2)27-23/h4-10,17,20H,3,11-16H2,1-2H3,(H2,25,26,28). The van der Waals surface area contributed by atoms with Crippen LogP contribution in [0.25, 0.3) is 11.0 Å². The first kappa shape index (κ1) is 20.3. The van der Waals surface area contributed by atoms with Crippen molar-refractivity contribution in [3.8, 4) is 0 Å². The lowest BCUT2D eigenvalue weighted by molar-refractivity contribution is 0.459. The quantitative estimate of drug-likeness (QED) is 0.481. The van der Waals surface area contributed by atoms with Crippen LogP contribution in [0, 0.1) is 6.92 Å². The van der Waals surface area contributed by atoms with Crippen LogP contribution in [0.2, 0.25) is 0 Å². The Balaban J connectivity index is 1.30. The third kappa shape index (κ3) is 5.12. The average molecular weight is 406 g/mol. The number of pyridine rings is 1. The van der Waals surface area contributed by atoms with Crippen LogP contribution in [0.5, 0.6) is 0 Å². The number of aliphatic imine (C=N–C) groups is 1. The van der Waals surface area contributed by atoms with Crippen LogP contribution >= 0.6 is 0 Å². The van der Waals surface area contributed by atoms with Crippen LogP contribution in [0.15, 0.2) is 57.9 Å². The van der Waals surface area contributed by atoms with E-state index in [0.29, 0.717) is 12.6 Å². The van der Waals surface area contributed by atoms with E-state index in [1.807, 2.05) is 31.2 Å². The highest BCUT2D eigenvalue weighted by atomic mass is 16.3. The van der Waals surface area contributed by atoms with Crippen molar-refractivity contribution in [1.29, 1.82) is 0 Å². The third-order valence-corrected chi connectivity index (χ3v) is 5.48. The highest BCUT2D eigenvalue weighted by Gasteiger charge is 2.21. The summed E-state index contributed by atoms with van der Waals surface area (Å²) >= 11 is 0. The van der Waals surface area contributed by atoms with Crippen molar-refractivity contribution in [3.05, 3.63) is 60.0 Å². The fourth-order valence-electron chi connectivity index (χ4n) is 3.91. The van der Waals surface area contributed by atoms with Gasteiger partial charge in [0.05, 0.1) is 0 Å². The lowest BCUT2D eigenvalue weighted by Gasteiger charge is -2.34. The molecule has 0 radical (unpaired) electrons. The van der Waals surface area contributed by atoms with Gasteiger partial charge in [-0.25, -0.2) is 4.98 Å². The van der Waals surface area contributed by atoms with Crippen LogP contribution in [-0.4, -0.2) is 43.2 Å². The van der Waals surface area contributed by atoms with Crippen molar-refractivity contribution in [1.82, 2.24) is 15.6 Å². The monoisotopic (exact) mass is 405 g/mol. The Morgan fingerprint density at radius 2 is 2.00 bits per heavy atom. The topological polar surface area (TPSA) is 65.7 Å². The fraction of sp³-hybridized carbons (Fsp3) is 0.417. The Hall–Kier alpha value is -3.02. The molecular weight excluding hydrogens is 374 g/mol. The van der Waals surface area contributed by atoms with Crippen LogP contribution in [0.1, 0.15) is 31.2 Å². The molecule has 0 aliphatic carbocycles. The first-order valence-corrected chi connectivity index (χ1v) is 10.9. The molecule has 2 aromatic heterocycles. The predicted octanol–water partition coefficient (Wildman–Crippen LogP) is 3.90. The number of fused-ring (bicyclic) bond motifs is 1. The molecule has 1 aliphatic heterocycles. The minimum Gasteiger partial charge on any atom is -0.461 e. The molecule has 0 saturated carbocycles. The number of benzene rings is 1. The van der Waals surface area contributed by atoms with E-state index >= 15 is 0 Å². The summed E-state index contributed by atoms with van der Waals surface area (Å²) in [5, 5.41) is 8.14. The Morgan fingerprint density at radius 1 is 1.17 bits per heavy atom. The predicted molar refractivity (Wildman–Crippen MR) is 123 cm³/mol. The molecule has 3 aromatic rings. The maximum atomic E-state index is 5.90. The van der Waals surface area contributed by atoms with E-state index in [-0.39, 0.29) is 0 Å². The maximum absolute atomic E-state index is 5.90. The Bertz CT molecular complexity index is 955. The van der Waals surface area contributed by atoms with Crippen molar-refractivity contribution < 1.29 is 4.42 Å². The first-order valence-electron chi connectivity index (χ1n) is 10.9. The van der Waals surface area contributed by atoms with Crippen LogP contribution in [0.3, 0.4) is 0 Å². The van der Waals surface area contributed by atoms with E-state index < -0.39 is 0 Å². The highest BCUT2D eigenvalue weighted by molar-refractivity contribution is 5.80. The number of furan rings is 1. The SMILES string of the molecule is CCNC(=NCCc1cc2ccccc2o1)NC1CCN(c2cccc(C)n2)CC1. The van der Waals surface area contributed by atoms with Crippen molar-refractivity contribution >= 4 is 22.7 Å². The second-order valence-corrected chi connectivity index (χ2v) is 7.80. The number of hydrogen-bond acceptors (Lipinski definition) is 4. The summed E-state index contributed by atoms with van der Waals surface area (Å²) in [7, 11) is 0. The van der Waals surface area contributed by atoms with Gasteiger partial charge in [0.2, 0.25) is 0 Å². The number of guanidine groups is 1. The molecule has 30 heavy (non-hydrogen) atoms. The zero-order valence-electron chi connectivity index (χ0n) is 17.9. The summed E-state index contributed by atoms with van der Waals surface area (Å²) in [5.74, 6) is 2.95. The smallest absolute Gasteiger partial charge is 0.191 e. The molecule has 1 saturated heterocycles. The molecule has 1 fully saturated rings. The molecule has 0 unspecified atom stereocenters. The molecule has 1 aliphatic rings. The summed E-state index contributed by atoms with van der Waals surface area (Å²) in [6, 6.07) is 16.9. The molecule has 6 nitrogen and oxygen atoms in total. The van der Waals surface area contributed by atoms with Gasteiger partial charge in [0.1, 0.15) is 17.2 Å². The summed E-state index contributed by atoms with van der Waals surface area (Å²) < 4.78 is 5.90. The minimum absolute atomic E-state index is 0.426. The van der Waals surface area contributed by atoms with Gasteiger partial charge in [-0.1, -0.05) is 24.3 Å². The molecule has 0 spiro atoms. The molecule has 0 atom stereocenters. The first-order chi connectivity index (χ1) is 14.7. The number of rotatable bonds is 6. The third-order valence-electron chi connectivity index (χ3n) is 5.48. The molecule has 1 aromatic carbocycles. The van der Waals surface area contributed by atoms with Gasteiger partial charge in [-0.05, 0) is 51.0 Å². The highest BCUT2D eigenvalue weighted by Crippen LogP contribution is 2.20. The van der Waals surface area contributed by atoms with Crippen molar-refractivity contribution in [3.63, 3.8) is 0 Å². The molecule has 3 heterocycles. The van der Waals surface area contributed by atoms with Crippen LogP contribution in [0.4, 0.5) is 5.82 Å². The molecule has 6 heteroatoms. The van der Waals surface area contributed by atoms with Crippen LogP contribution in [-0.2, 0) is 6.42 Å². The van der Waals surface area contributed by atoms with Gasteiger partial charge in [-0.15, -0.1) is 0 Å². The second-order valence-electron chi connectivity index (χ2n) is 7.80. The van der Waals surface area contributed by atoms with Gasteiger partial charge >= 0.3 is 0 Å². The lowest BCUT2D eigenvalue weighted by atomic mass is 10.1. The molecule has 0 bridgehead atoms. The lowest BCUT2D eigenvalue weighted by Crippen LogP contribution is -2.49. The summed E-state index contributed by atoms with van der Waals surface area (Å²) in [6.45, 7) is 7.70. The Labute approximate surface area is 178 Å². The largest absolute Gasteiger partial charge is 0.461 e. The number of nitrogens with zero attached hydrogens (tertiary/aromatic N) is 3. The van der Waals surface area contributed by atoms with Crippen molar-refractivity contribution in [2.45, 2.75) is 39.2 Å². The van der Waals surface area contributed by atoms with Crippen molar-refractivity contribution in [2.75, 3.05) is 31.1 Å². The van der Waals surface area contributed by atoms with E-state index in [2.05, 4.69) is 51.7 Å². The average Bonchev–Trinajstić information content (AvgIpc) is 3.17. The molecule has 4 rings (SSSR count). The van der Waals surface area contributed by atoms with Crippen molar-refractivity contribution in [2.24, 2.45) is 4.99 Å². The van der Waals surface area contributed by atoms with E-state index in [4.69, 9.17) is 9.41 Å². The van der Waals surface area contributed by atoms with E-state index in [1.54, 1.807) is 0 Å². The number of para-hydroxylation sites is 1. The number of piperidine rings is 1. The molecule has 0 amide bonds. The van der Waals surface area contributed by atoms with Gasteiger partial charge < -0.3 is 20.0 Å². The van der Waals surface area contributed by atoms with Gasteiger partial charge in [-0.3, -0.25) is 4.99 Å². The zero-order valence-corrected chi connectivity index (χ0v) is 17.9. The Morgan fingerprint density at radius 3 is 2.77 bits per heavy atom. The van der Waals surface area contributed by atoms with Gasteiger partial charge in [0.25, 0.3) is 0 Å².